The number of carbonyl (C=O) groups is 1. The lowest BCUT2D eigenvalue weighted by Gasteiger charge is -2.18. The van der Waals surface area contributed by atoms with E-state index in [0.717, 1.165) is 24.2 Å². The Morgan fingerprint density at radius 1 is 1.15 bits per heavy atom. The molecule has 1 fully saturated rings. The number of aryl methyl sites for hydroxylation is 1. The van der Waals surface area contributed by atoms with Crippen LogP contribution in [0.5, 0.6) is 11.5 Å². The molecule has 0 unspecified atom stereocenters. The van der Waals surface area contributed by atoms with Crippen LogP contribution < -0.4 is 9.47 Å². The van der Waals surface area contributed by atoms with Gasteiger partial charge in [-0.2, -0.15) is 0 Å². The molecule has 3 rings (SSSR count). The summed E-state index contributed by atoms with van der Waals surface area (Å²) in [6.45, 7) is 3.80. The zero-order chi connectivity index (χ0) is 19.2. The molecular weight excluding hydrogens is 342 g/mol. The van der Waals surface area contributed by atoms with Crippen LogP contribution in [0.1, 0.15) is 30.4 Å². The number of likely N-dealkylation sites (tertiary alicyclic amines) is 1. The summed E-state index contributed by atoms with van der Waals surface area (Å²) < 4.78 is 11.4. The summed E-state index contributed by atoms with van der Waals surface area (Å²) in [5.74, 6) is 1.89. The molecule has 2 aromatic rings. The van der Waals surface area contributed by atoms with Gasteiger partial charge >= 0.3 is 6.09 Å². The van der Waals surface area contributed by atoms with E-state index in [-0.39, 0.29) is 11.8 Å². The maximum atomic E-state index is 11.3. The van der Waals surface area contributed by atoms with Gasteiger partial charge in [-0.05, 0) is 42.0 Å². The van der Waals surface area contributed by atoms with Gasteiger partial charge in [0.05, 0.1) is 13.7 Å². The van der Waals surface area contributed by atoms with Gasteiger partial charge in [-0.1, -0.05) is 43.3 Å². The normalized spacial score (nSPS) is 19.1. The highest BCUT2D eigenvalue weighted by molar-refractivity contribution is 5.65. The van der Waals surface area contributed by atoms with Gasteiger partial charge < -0.3 is 19.5 Å². The van der Waals surface area contributed by atoms with Crippen molar-refractivity contribution in [2.75, 3.05) is 26.8 Å². The average Bonchev–Trinajstić information content (AvgIpc) is 3.08. The van der Waals surface area contributed by atoms with Crippen molar-refractivity contribution in [3.8, 4) is 11.5 Å². The third-order valence-corrected chi connectivity index (χ3v) is 5.21. The quantitative estimate of drug-likeness (QED) is 0.734. The van der Waals surface area contributed by atoms with E-state index in [9.17, 15) is 9.90 Å². The Bertz CT molecular complexity index is 762. The third kappa shape index (κ3) is 4.73. The fraction of sp³-hybridized carbons (Fsp3) is 0.409. The minimum absolute atomic E-state index is 0.179. The molecule has 5 heteroatoms. The van der Waals surface area contributed by atoms with Crippen molar-refractivity contribution >= 4 is 6.09 Å². The highest BCUT2D eigenvalue weighted by Gasteiger charge is 2.33. The Morgan fingerprint density at radius 3 is 2.59 bits per heavy atom. The van der Waals surface area contributed by atoms with Gasteiger partial charge in [0.15, 0.2) is 11.5 Å². The summed E-state index contributed by atoms with van der Waals surface area (Å²) in [5.41, 5.74) is 2.40. The number of nitrogens with zero attached hydrogens (tertiary/aromatic N) is 1. The van der Waals surface area contributed by atoms with Crippen LogP contribution in [-0.4, -0.2) is 42.9 Å². The molecule has 0 spiro atoms. The second-order valence-electron chi connectivity index (χ2n) is 7.12. The summed E-state index contributed by atoms with van der Waals surface area (Å²) in [6, 6.07) is 16.3. The second kappa shape index (κ2) is 8.80. The first kappa shape index (κ1) is 19.1. The number of ether oxygens (including phenoxy) is 2. The van der Waals surface area contributed by atoms with Crippen molar-refractivity contribution in [3.63, 3.8) is 0 Å². The van der Waals surface area contributed by atoms with Crippen molar-refractivity contribution in [2.24, 2.45) is 5.92 Å². The predicted octanol–water partition coefficient (Wildman–Crippen LogP) is 4.42. The van der Waals surface area contributed by atoms with Crippen molar-refractivity contribution < 1.29 is 19.4 Å². The van der Waals surface area contributed by atoms with Gasteiger partial charge in [0, 0.05) is 19.0 Å². The Kier molecular flexibility index (Phi) is 6.22. The lowest BCUT2D eigenvalue weighted by Crippen LogP contribution is -2.26. The number of benzene rings is 2. The van der Waals surface area contributed by atoms with E-state index in [1.165, 1.54) is 10.5 Å². The standard InChI is InChI=1S/C22H27NO4/c1-16-14-23(22(24)25)15-19(16)18-10-11-20(26-2)21(13-18)27-12-6-9-17-7-4-3-5-8-17/h3-5,7-8,10-11,13,16,19H,6,9,12,14-15H2,1-2H3,(H,24,25)/t16-,19+/m1/s1. The van der Waals surface area contributed by atoms with Crippen molar-refractivity contribution in [2.45, 2.75) is 25.7 Å². The van der Waals surface area contributed by atoms with Gasteiger partial charge in [0.2, 0.25) is 0 Å². The van der Waals surface area contributed by atoms with E-state index in [1.807, 2.05) is 36.4 Å². The molecule has 27 heavy (non-hydrogen) atoms. The summed E-state index contributed by atoms with van der Waals surface area (Å²) in [4.78, 5) is 12.8. The maximum Gasteiger partial charge on any atom is 0.407 e. The summed E-state index contributed by atoms with van der Waals surface area (Å²) in [6.07, 6.45) is 1.04. The number of carboxylic acid groups (broad SMARTS) is 1. The van der Waals surface area contributed by atoms with Crippen LogP contribution in [-0.2, 0) is 6.42 Å². The number of amides is 1. The molecular formula is C22H27NO4. The molecule has 0 bridgehead atoms. The zero-order valence-electron chi connectivity index (χ0n) is 15.9. The van der Waals surface area contributed by atoms with E-state index < -0.39 is 6.09 Å². The molecule has 144 valence electrons. The van der Waals surface area contributed by atoms with E-state index in [2.05, 4.69) is 19.1 Å². The highest BCUT2D eigenvalue weighted by Crippen LogP contribution is 2.37. The van der Waals surface area contributed by atoms with Crippen molar-refractivity contribution in [1.29, 1.82) is 0 Å². The minimum Gasteiger partial charge on any atom is -0.493 e. The number of rotatable bonds is 7. The number of hydrogen-bond donors (Lipinski definition) is 1. The molecule has 1 N–H and O–H groups in total. The van der Waals surface area contributed by atoms with Crippen LogP contribution in [0, 0.1) is 5.92 Å². The maximum absolute atomic E-state index is 11.3. The number of methoxy groups -OCH3 is 1. The van der Waals surface area contributed by atoms with E-state index in [4.69, 9.17) is 9.47 Å². The topological polar surface area (TPSA) is 59.0 Å². The van der Waals surface area contributed by atoms with Gasteiger partial charge in [-0.3, -0.25) is 0 Å². The molecule has 2 atom stereocenters. The molecule has 1 amide bonds. The van der Waals surface area contributed by atoms with E-state index in [0.29, 0.717) is 25.4 Å². The van der Waals surface area contributed by atoms with Gasteiger partial charge in [0.1, 0.15) is 0 Å². The Labute approximate surface area is 160 Å². The van der Waals surface area contributed by atoms with Crippen LogP contribution in [0.3, 0.4) is 0 Å². The summed E-state index contributed by atoms with van der Waals surface area (Å²) in [5, 5.41) is 9.25. The lowest BCUT2D eigenvalue weighted by molar-refractivity contribution is 0.154. The van der Waals surface area contributed by atoms with Crippen LogP contribution in [0.2, 0.25) is 0 Å². The van der Waals surface area contributed by atoms with Crippen LogP contribution in [0.25, 0.3) is 0 Å². The monoisotopic (exact) mass is 369 g/mol. The van der Waals surface area contributed by atoms with Crippen LogP contribution in [0.4, 0.5) is 4.79 Å². The molecule has 2 aromatic carbocycles. The van der Waals surface area contributed by atoms with Gasteiger partial charge in [-0.15, -0.1) is 0 Å². The SMILES string of the molecule is COc1ccc([C@H]2CN(C(=O)O)C[C@H]2C)cc1OCCCc1ccccc1. The van der Waals surface area contributed by atoms with E-state index >= 15 is 0 Å². The molecule has 5 nitrogen and oxygen atoms in total. The van der Waals surface area contributed by atoms with E-state index in [1.54, 1.807) is 7.11 Å². The minimum atomic E-state index is -0.852. The Morgan fingerprint density at radius 2 is 1.93 bits per heavy atom. The fourth-order valence-corrected chi connectivity index (χ4v) is 3.70. The predicted molar refractivity (Wildman–Crippen MR) is 105 cm³/mol. The second-order valence-corrected chi connectivity index (χ2v) is 7.12. The average molecular weight is 369 g/mol. The largest absolute Gasteiger partial charge is 0.493 e. The first-order valence-electron chi connectivity index (χ1n) is 9.41. The lowest BCUT2D eigenvalue weighted by atomic mass is 9.90. The molecule has 0 aromatic heterocycles. The molecule has 0 aliphatic carbocycles. The van der Waals surface area contributed by atoms with Gasteiger partial charge in [0.25, 0.3) is 0 Å². The zero-order valence-corrected chi connectivity index (χ0v) is 15.9. The highest BCUT2D eigenvalue weighted by atomic mass is 16.5. The first-order valence-corrected chi connectivity index (χ1v) is 9.41. The molecule has 1 saturated heterocycles. The van der Waals surface area contributed by atoms with Crippen LogP contribution >= 0.6 is 0 Å². The van der Waals surface area contributed by atoms with Crippen molar-refractivity contribution in [1.82, 2.24) is 4.90 Å². The molecule has 1 heterocycles. The summed E-state index contributed by atoms with van der Waals surface area (Å²) >= 11 is 0. The van der Waals surface area contributed by atoms with Crippen LogP contribution in [0.15, 0.2) is 48.5 Å². The Balaban J connectivity index is 1.64. The third-order valence-electron chi connectivity index (χ3n) is 5.21. The molecule has 1 aliphatic rings. The fourth-order valence-electron chi connectivity index (χ4n) is 3.70. The number of hydrogen-bond acceptors (Lipinski definition) is 3. The van der Waals surface area contributed by atoms with Gasteiger partial charge in [-0.25, -0.2) is 4.79 Å². The smallest absolute Gasteiger partial charge is 0.407 e. The summed E-state index contributed by atoms with van der Waals surface area (Å²) in [7, 11) is 1.64. The molecule has 1 aliphatic heterocycles. The van der Waals surface area contributed by atoms with Crippen molar-refractivity contribution in [3.05, 3.63) is 59.7 Å². The Hall–Kier alpha value is -2.69. The molecule has 0 saturated carbocycles. The molecule has 0 radical (unpaired) electrons. The first-order chi connectivity index (χ1) is 13.1.